The van der Waals surface area contributed by atoms with E-state index < -0.39 is 0 Å². The normalized spacial score (nSPS) is 12.4. The summed E-state index contributed by atoms with van der Waals surface area (Å²) in [6.45, 7) is 17.8. The molecular weight excluding hydrogens is 657 g/mol. The number of aliphatic imine (C=N–C) groups is 1. The molecule has 268 valence electrons. The van der Waals surface area contributed by atoms with Gasteiger partial charge in [-0.1, -0.05) is 70.2 Å². The quantitative estimate of drug-likeness (QED) is 0.0381. The second kappa shape index (κ2) is 23.0. The summed E-state index contributed by atoms with van der Waals surface area (Å²) in [6, 6.07) is 17.4. The first-order valence-corrected chi connectivity index (χ1v) is 20.2. The van der Waals surface area contributed by atoms with E-state index in [2.05, 4.69) is 145 Å². The lowest BCUT2D eigenvalue weighted by Crippen LogP contribution is -2.37. The average Bonchev–Trinajstić information content (AvgIpc) is 3.11. The van der Waals surface area contributed by atoms with Crippen LogP contribution in [-0.4, -0.2) is 73.9 Å². The van der Waals surface area contributed by atoms with Gasteiger partial charge in [-0.2, -0.15) is 0 Å². The second-order valence-electron chi connectivity index (χ2n) is 12.0. The molecule has 0 aliphatic rings. The zero-order valence-corrected chi connectivity index (χ0v) is 32.5. The fraction of sp³-hybridized carbons (Fsp3) is 0.381. The van der Waals surface area contributed by atoms with E-state index in [9.17, 15) is 10.2 Å². The smallest absolute Gasteiger partial charge is 0.178 e. The van der Waals surface area contributed by atoms with Crippen LogP contribution in [0.2, 0.25) is 0 Å². The van der Waals surface area contributed by atoms with Gasteiger partial charge in [0.05, 0.1) is 19.0 Å². The summed E-state index contributed by atoms with van der Waals surface area (Å²) in [7, 11) is 3.78. The monoisotopic (exact) mass is 713 g/mol. The third-order valence-electron chi connectivity index (χ3n) is 8.46. The summed E-state index contributed by atoms with van der Waals surface area (Å²) in [5.41, 5.74) is 10.7. The topological polar surface area (TPSA) is 63.2 Å². The van der Waals surface area contributed by atoms with Gasteiger partial charge in [0, 0.05) is 75.1 Å². The van der Waals surface area contributed by atoms with Gasteiger partial charge in [-0.3, -0.25) is 4.99 Å². The van der Waals surface area contributed by atoms with Crippen molar-refractivity contribution in [3.63, 3.8) is 0 Å². The molecule has 1 heterocycles. The summed E-state index contributed by atoms with van der Waals surface area (Å²) in [4.78, 5) is 8.99. The van der Waals surface area contributed by atoms with Crippen molar-refractivity contribution in [2.45, 2.75) is 48.1 Å². The van der Waals surface area contributed by atoms with Gasteiger partial charge in [0.25, 0.3) is 0 Å². The molecule has 0 saturated carbocycles. The van der Waals surface area contributed by atoms with Crippen LogP contribution in [0.4, 0.5) is 11.4 Å². The Balaban J connectivity index is 1.42. The van der Waals surface area contributed by atoms with Crippen molar-refractivity contribution in [1.29, 1.82) is 0 Å². The molecule has 2 aromatic carbocycles. The molecule has 0 saturated heterocycles. The van der Waals surface area contributed by atoms with E-state index in [0.29, 0.717) is 13.1 Å². The molecule has 8 heteroatoms. The fourth-order valence-electron chi connectivity index (χ4n) is 5.58. The Morgan fingerprint density at radius 1 is 0.780 bits per heavy atom. The first-order valence-electron chi connectivity index (χ1n) is 17.7. The third-order valence-corrected chi connectivity index (χ3v) is 10.8. The lowest BCUT2D eigenvalue weighted by Gasteiger charge is -2.22. The van der Waals surface area contributed by atoms with Crippen LogP contribution < -0.4 is 14.4 Å². The molecule has 0 aliphatic heterocycles. The minimum atomic E-state index is 0.155. The van der Waals surface area contributed by atoms with Gasteiger partial charge >= 0.3 is 0 Å². The zero-order chi connectivity index (χ0) is 36.1. The summed E-state index contributed by atoms with van der Waals surface area (Å²) in [5, 5.41) is 18.7. The number of allylic oxidation sites excluding steroid dienone is 5. The Morgan fingerprint density at radius 2 is 1.40 bits per heavy atom. The Kier molecular flexibility index (Phi) is 18.8. The number of likely N-dealkylation sites (N-methyl/N-ethyl adjacent to an activating group) is 2. The lowest BCUT2D eigenvalue weighted by molar-refractivity contribution is -0.698. The van der Waals surface area contributed by atoms with E-state index in [0.717, 1.165) is 54.6 Å². The Hall–Kier alpha value is -3.56. The van der Waals surface area contributed by atoms with Crippen LogP contribution in [0.5, 0.6) is 0 Å². The van der Waals surface area contributed by atoms with Crippen molar-refractivity contribution in [1.82, 2.24) is 0 Å². The van der Waals surface area contributed by atoms with Gasteiger partial charge in [0.15, 0.2) is 18.4 Å². The van der Waals surface area contributed by atoms with Gasteiger partial charge in [-0.15, -0.1) is 0 Å². The van der Waals surface area contributed by atoms with Gasteiger partial charge < -0.3 is 20.0 Å². The van der Waals surface area contributed by atoms with Crippen molar-refractivity contribution in [2.24, 2.45) is 4.99 Å². The number of aliphatic hydroxyl groups excluding tert-OH is 2. The van der Waals surface area contributed by atoms with E-state index in [4.69, 9.17) is 0 Å². The average molecular weight is 714 g/mol. The number of pyridine rings is 1. The first-order chi connectivity index (χ1) is 24.3. The lowest BCUT2D eigenvalue weighted by atomic mass is 10.1. The van der Waals surface area contributed by atoms with Crippen LogP contribution in [0.25, 0.3) is 18.2 Å². The predicted octanol–water partition coefficient (Wildman–Crippen LogP) is 8.38. The molecule has 0 atom stereocenters. The van der Waals surface area contributed by atoms with Crippen molar-refractivity contribution in [3.8, 4) is 0 Å². The summed E-state index contributed by atoms with van der Waals surface area (Å²) < 4.78 is 2.32. The molecule has 0 bridgehead atoms. The molecule has 6 nitrogen and oxygen atoms in total. The molecule has 2 N–H and O–H groups in total. The van der Waals surface area contributed by atoms with Crippen LogP contribution in [0.15, 0.2) is 89.6 Å². The molecule has 0 spiro atoms. The fourth-order valence-corrected chi connectivity index (χ4v) is 7.42. The van der Waals surface area contributed by atoms with Gasteiger partial charge in [0.1, 0.15) is 0 Å². The highest BCUT2D eigenvalue weighted by Crippen LogP contribution is 2.23. The standard InChI is InChI=1S/C42H57N4O2S2/c1-7-10-37(11-13-39-15-17-41(31-34(39)4)44(8-2)24-27-47)19-21-43-22-29-49-50-30-26-46-23-20-38(33-36(46)6)12-14-40-16-18-42(32-35(40)5)45(9-3)25-28-48/h7,10-21,23,31-33,47-48H,8-9,22,24-30H2,1-6H3/q+1/b10-7+,13-11+,37-19+,43-21?. The Bertz CT molecular complexity index is 1630. The first kappa shape index (κ1) is 40.9. The van der Waals surface area contributed by atoms with E-state index in [1.54, 1.807) is 0 Å². The maximum absolute atomic E-state index is 9.34. The third kappa shape index (κ3) is 13.6. The molecule has 0 unspecified atom stereocenters. The van der Waals surface area contributed by atoms with Crippen molar-refractivity contribution < 1.29 is 14.8 Å². The second-order valence-corrected chi connectivity index (χ2v) is 14.7. The van der Waals surface area contributed by atoms with Gasteiger partial charge in [-0.05, 0) is 98.4 Å². The van der Waals surface area contributed by atoms with E-state index in [-0.39, 0.29) is 13.2 Å². The Labute approximate surface area is 309 Å². The number of anilines is 2. The molecule has 0 fully saturated rings. The molecule has 3 aromatic rings. The SMILES string of the molecule is C/C=C/C(/C=C/c1ccc(N(CC)CCO)cc1C)=C\C=NCCSSCC[n+]1ccc(/C=C/c2ccc(N(CC)CCO)cc2C)cc1C. The summed E-state index contributed by atoms with van der Waals surface area (Å²) in [6.07, 6.45) is 19.0. The maximum Gasteiger partial charge on any atom is 0.178 e. The van der Waals surface area contributed by atoms with Crippen LogP contribution in [0.1, 0.15) is 54.3 Å². The zero-order valence-electron chi connectivity index (χ0n) is 30.9. The van der Waals surface area contributed by atoms with Crippen LogP contribution in [-0.2, 0) is 6.54 Å². The minimum absolute atomic E-state index is 0.155. The van der Waals surface area contributed by atoms with Gasteiger partial charge in [0.2, 0.25) is 0 Å². The largest absolute Gasteiger partial charge is 0.395 e. The molecule has 50 heavy (non-hydrogen) atoms. The predicted molar refractivity (Wildman–Crippen MR) is 223 cm³/mol. The number of rotatable bonds is 21. The molecular formula is C42H57N4O2S2+. The molecule has 1 aromatic heterocycles. The maximum atomic E-state index is 9.34. The van der Waals surface area contributed by atoms with Crippen LogP contribution >= 0.6 is 21.6 Å². The number of nitrogens with zero attached hydrogens (tertiary/aromatic N) is 4. The molecule has 0 aliphatic carbocycles. The van der Waals surface area contributed by atoms with Gasteiger partial charge in [-0.25, -0.2) is 4.57 Å². The van der Waals surface area contributed by atoms with Crippen molar-refractivity contribution in [2.75, 3.05) is 67.2 Å². The van der Waals surface area contributed by atoms with E-state index in [1.165, 1.54) is 33.5 Å². The number of hydrogen-bond acceptors (Lipinski definition) is 7. The van der Waals surface area contributed by atoms with Crippen LogP contribution in [0, 0.1) is 20.8 Å². The number of aliphatic hydroxyl groups is 2. The molecule has 0 amide bonds. The summed E-state index contributed by atoms with van der Waals surface area (Å²) in [5.74, 6) is 2.02. The van der Waals surface area contributed by atoms with Crippen molar-refractivity contribution in [3.05, 3.63) is 118 Å². The van der Waals surface area contributed by atoms with E-state index >= 15 is 0 Å². The number of benzene rings is 2. The summed E-state index contributed by atoms with van der Waals surface area (Å²) >= 11 is 0. The number of hydrogen-bond donors (Lipinski definition) is 2. The Morgan fingerprint density at radius 3 is 1.96 bits per heavy atom. The molecule has 3 rings (SSSR count). The highest BCUT2D eigenvalue weighted by molar-refractivity contribution is 8.76. The van der Waals surface area contributed by atoms with E-state index in [1.807, 2.05) is 40.8 Å². The van der Waals surface area contributed by atoms with Crippen LogP contribution in [0.3, 0.4) is 0 Å². The minimum Gasteiger partial charge on any atom is -0.395 e. The molecule has 0 radical (unpaired) electrons. The van der Waals surface area contributed by atoms with Crippen molar-refractivity contribution >= 4 is 57.4 Å². The number of aromatic nitrogens is 1. The highest BCUT2D eigenvalue weighted by Gasteiger charge is 2.08. The highest BCUT2D eigenvalue weighted by atomic mass is 33.1. The number of aryl methyl sites for hydroxylation is 4.